The van der Waals surface area contributed by atoms with Gasteiger partial charge in [-0.05, 0) is 43.3 Å². The Morgan fingerprint density at radius 3 is 1.69 bits per heavy atom. The number of halogens is 4. The highest BCUT2D eigenvalue weighted by Gasteiger charge is 2.38. The van der Waals surface area contributed by atoms with Crippen LogP contribution in [0.25, 0.3) is 0 Å². The molecule has 0 aliphatic carbocycles. The third kappa shape index (κ3) is 4.55. The van der Waals surface area contributed by atoms with Gasteiger partial charge in [0.05, 0.1) is 29.9 Å². The number of piperazine rings is 1. The molecule has 0 aromatic heterocycles. The third-order valence-corrected chi connectivity index (χ3v) is 9.90. The Kier molecular flexibility index (Phi) is 6.78. The van der Waals surface area contributed by atoms with Crippen molar-refractivity contribution < 1.29 is 16.8 Å². The molecule has 0 spiro atoms. The molecule has 2 aromatic carbocycles. The van der Waals surface area contributed by atoms with Gasteiger partial charge in [0.15, 0.2) is 0 Å². The minimum Gasteiger partial charge on any atom is -0.207 e. The van der Waals surface area contributed by atoms with Crippen LogP contribution in [-0.4, -0.2) is 51.1 Å². The first-order valence-electron chi connectivity index (χ1n) is 8.36. The van der Waals surface area contributed by atoms with Crippen LogP contribution in [-0.2, 0) is 20.0 Å². The molecule has 1 fully saturated rings. The number of rotatable bonds is 4. The maximum absolute atomic E-state index is 13.0. The molecule has 1 aliphatic heterocycles. The highest BCUT2D eigenvalue weighted by atomic mass is 35.5. The van der Waals surface area contributed by atoms with Crippen molar-refractivity contribution in [2.45, 2.75) is 22.8 Å². The van der Waals surface area contributed by atoms with Gasteiger partial charge in [-0.15, -0.1) is 0 Å². The largest absolute Gasteiger partial charge is 0.243 e. The lowest BCUT2D eigenvalue weighted by Crippen LogP contribution is -2.55. The molecule has 12 heteroatoms. The van der Waals surface area contributed by atoms with Gasteiger partial charge in [0.2, 0.25) is 20.0 Å². The van der Waals surface area contributed by atoms with Gasteiger partial charge in [0.1, 0.15) is 0 Å². The molecule has 2 aromatic rings. The maximum atomic E-state index is 13.0. The molecule has 0 N–H and O–H groups in total. The summed E-state index contributed by atoms with van der Waals surface area (Å²) in [4.78, 5) is -0.000527. The van der Waals surface area contributed by atoms with Crippen molar-refractivity contribution in [3.63, 3.8) is 0 Å². The second kappa shape index (κ2) is 8.51. The number of sulfonamides is 2. The van der Waals surface area contributed by atoms with E-state index in [0.29, 0.717) is 0 Å². The number of nitrogens with zero attached hydrogens (tertiary/aromatic N) is 2. The van der Waals surface area contributed by atoms with E-state index in [1.165, 1.54) is 45.0 Å². The Morgan fingerprint density at radius 1 is 0.759 bits per heavy atom. The molecular weight excluding hydrogens is 502 g/mol. The summed E-state index contributed by atoms with van der Waals surface area (Å²) < 4.78 is 54.3. The predicted octanol–water partition coefficient (Wildman–Crippen LogP) is 4.38. The smallest absolute Gasteiger partial charge is 0.207 e. The first-order chi connectivity index (χ1) is 13.4. The van der Waals surface area contributed by atoms with Gasteiger partial charge in [0.25, 0.3) is 0 Å². The van der Waals surface area contributed by atoms with Crippen LogP contribution in [0.15, 0.2) is 46.2 Å². The summed E-state index contributed by atoms with van der Waals surface area (Å²) in [6.45, 7) is 1.62. The summed E-state index contributed by atoms with van der Waals surface area (Å²) in [6.07, 6.45) is 0. The number of hydrogen-bond acceptors (Lipinski definition) is 4. The van der Waals surface area contributed by atoms with Gasteiger partial charge in [-0.25, -0.2) is 16.8 Å². The Labute approximate surface area is 190 Å². The van der Waals surface area contributed by atoms with Gasteiger partial charge in [-0.1, -0.05) is 46.4 Å². The first kappa shape index (κ1) is 23.1. The van der Waals surface area contributed by atoms with Crippen molar-refractivity contribution in [1.29, 1.82) is 0 Å². The lowest BCUT2D eigenvalue weighted by molar-refractivity contribution is 0.212. The monoisotopic (exact) mass is 516 g/mol. The van der Waals surface area contributed by atoms with Crippen LogP contribution in [0.3, 0.4) is 0 Å². The third-order valence-electron chi connectivity index (χ3n) is 4.56. The zero-order chi connectivity index (χ0) is 21.6. The Morgan fingerprint density at radius 2 is 1.24 bits per heavy atom. The van der Waals surface area contributed by atoms with Crippen LogP contribution in [0.1, 0.15) is 6.92 Å². The molecule has 1 aliphatic rings. The topological polar surface area (TPSA) is 74.8 Å². The average molecular weight is 518 g/mol. The second-order valence-corrected chi connectivity index (χ2v) is 11.9. The minimum atomic E-state index is -3.87. The zero-order valence-corrected chi connectivity index (χ0v) is 19.7. The lowest BCUT2D eigenvalue weighted by Gasteiger charge is -2.38. The summed E-state index contributed by atoms with van der Waals surface area (Å²) in [5, 5.41) is 0.746. The van der Waals surface area contributed by atoms with E-state index in [9.17, 15) is 16.8 Å². The molecule has 0 bridgehead atoms. The first-order valence-corrected chi connectivity index (χ1v) is 12.8. The number of hydrogen-bond donors (Lipinski definition) is 0. The van der Waals surface area contributed by atoms with E-state index in [1.807, 2.05) is 0 Å². The molecule has 0 saturated carbocycles. The van der Waals surface area contributed by atoms with E-state index in [4.69, 9.17) is 46.4 Å². The predicted molar refractivity (Wildman–Crippen MR) is 115 cm³/mol. The Hall–Kier alpha value is -0.580. The quantitative estimate of drug-likeness (QED) is 0.603. The lowest BCUT2D eigenvalue weighted by atomic mass is 10.3. The van der Waals surface area contributed by atoms with Crippen LogP contribution in [0, 0.1) is 0 Å². The fourth-order valence-electron chi connectivity index (χ4n) is 3.04. The van der Waals surface area contributed by atoms with Crippen molar-refractivity contribution in [3.8, 4) is 0 Å². The van der Waals surface area contributed by atoms with Crippen molar-refractivity contribution in [2.75, 3.05) is 19.6 Å². The van der Waals surface area contributed by atoms with Crippen LogP contribution < -0.4 is 0 Å². The van der Waals surface area contributed by atoms with Crippen molar-refractivity contribution in [3.05, 3.63) is 56.5 Å². The summed E-state index contributed by atoms with van der Waals surface area (Å²) in [7, 11) is -7.72. The van der Waals surface area contributed by atoms with Crippen molar-refractivity contribution >= 4 is 66.5 Å². The molecule has 3 rings (SSSR count). The second-order valence-electron chi connectivity index (χ2n) is 6.48. The molecule has 0 radical (unpaired) electrons. The molecule has 0 amide bonds. The van der Waals surface area contributed by atoms with Gasteiger partial charge < -0.3 is 0 Å². The van der Waals surface area contributed by atoms with Gasteiger partial charge in [-0.2, -0.15) is 8.61 Å². The normalized spacial score (nSPS) is 19.4. The Balaban J connectivity index is 1.84. The molecule has 1 atom stereocenters. The van der Waals surface area contributed by atoms with E-state index in [1.54, 1.807) is 6.92 Å². The summed E-state index contributed by atoms with van der Waals surface area (Å²) in [6, 6.07) is 7.52. The number of benzene rings is 2. The summed E-state index contributed by atoms with van der Waals surface area (Å²) in [5.41, 5.74) is 0. The maximum Gasteiger partial charge on any atom is 0.243 e. The van der Waals surface area contributed by atoms with Crippen molar-refractivity contribution in [1.82, 2.24) is 8.61 Å². The molecule has 0 unspecified atom stereocenters. The van der Waals surface area contributed by atoms with Gasteiger partial charge in [-0.3, -0.25) is 0 Å². The molecule has 6 nitrogen and oxygen atoms in total. The highest BCUT2D eigenvalue weighted by molar-refractivity contribution is 7.89. The molecule has 1 saturated heterocycles. The zero-order valence-electron chi connectivity index (χ0n) is 15.0. The fraction of sp³-hybridized carbons (Fsp3) is 0.294. The summed E-state index contributed by atoms with van der Waals surface area (Å²) >= 11 is 23.6. The SMILES string of the molecule is C[C@@H]1CN(S(=O)(=O)c2ccc(Cl)c(Cl)c2)CCN1S(=O)(=O)c1ccc(Cl)c(Cl)c1. The molecular formula is C17H16Cl4N2O4S2. The molecule has 158 valence electrons. The van der Waals surface area contributed by atoms with Crippen LogP contribution in [0.5, 0.6) is 0 Å². The van der Waals surface area contributed by atoms with Crippen LogP contribution in [0.2, 0.25) is 20.1 Å². The van der Waals surface area contributed by atoms with Crippen LogP contribution >= 0.6 is 46.4 Å². The molecule has 29 heavy (non-hydrogen) atoms. The fourth-order valence-corrected chi connectivity index (χ4v) is 6.95. The van der Waals surface area contributed by atoms with Gasteiger partial charge >= 0.3 is 0 Å². The van der Waals surface area contributed by atoms with E-state index < -0.39 is 26.1 Å². The van der Waals surface area contributed by atoms with E-state index in [2.05, 4.69) is 0 Å². The summed E-state index contributed by atoms with van der Waals surface area (Å²) in [5.74, 6) is 0. The van der Waals surface area contributed by atoms with E-state index >= 15 is 0 Å². The van der Waals surface area contributed by atoms with E-state index in [0.717, 1.165) is 0 Å². The molecule has 1 heterocycles. The van der Waals surface area contributed by atoms with Crippen LogP contribution in [0.4, 0.5) is 0 Å². The van der Waals surface area contributed by atoms with Crippen molar-refractivity contribution in [2.24, 2.45) is 0 Å². The standard InChI is InChI=1S/C17H16Cl4N2O4S2/c1-11-10-22(28(24,25)12-2-4-14(18)16(20)8-12)6-7-23(11)29(26,27)13-3-5-15(19)17(21)9-13/h2-5,8-9,11H,6-7,10H2,1H3/t11-/m1/s1. The minimum absolute atomic E-state index is 0.000102. The van der Waals surface area contributed by atoms with E-state index in [-0.39, 0.29) is 49.5 Å². The average Bonchev–Trinajstić information content (AvgIpc) is 2.65. The van der Waals surface area contributed by atoms with Gasteiger partial charge in [0, 0.05) is 25.7 Å². The highest BCUT2D eigenvalue weighted by Crippen LogP contribution is 2.30. The Bertz CT molecular complexity index is 1160.